The number of methoxy groups -OCH3 is 1. The van der Waals surface area contributed by atoms with E-state index in [1.54, 1.807) is 16.8 Å². The zero-order valence-electron chi connectivity index (χ0n) is 13.8. The largest absolute Gasteiger partial charge is 0.464 e. The molecule has 0 saturated carbocycles. The Labute approximate surface area is 139 Å². The van der Waals surface area contributed by atoms with E-state index in [2.05, 4.69) is 20.0 Å². The van der Waals surface area contributed by atoms with E-state index in [0.717, 1.165) is 0 Å². The predicted molar refractivity (Wildman–Crippen MR) is 85.5 cm³/mol. The third-order valence-corrected chi connectivity index (χ3v) is 3.19. The maximum atomic E-state index is 12.3. The standard InChI is InChI=1S/C16H17N5O3/c1-16(2,3)21-9-10(6-17)5-13(21)20-14(22)11-7-19-12(8-18-11)15(23)24-4/h5,7-9H,1-4H3,(H,20,22). The van der Waals surface area contributed by atoms with Crippen molar-refractivity contribution in [2.45, 2.75) is 26.3 Å². The summed E-state index contributed by atoms with van der Waals surface area (Å²) in [6.07, 6.45) is 4.03. The zero-order valence-corrected chi connectivity index (χ0v) is 13.8. The van der Waals surface area contributed by atoms with Crippen molar-refractivity contribution in [1.82, 2.24) is 14.5 Å². The van der Waals surface area contributed by atoms with Gasteiger partial charge in [0.1, 0.15) is 17.6 Å². The molecule has 0 aliphatic carbocycles. The number of hydrogen-bond donors (Lipinski definition) is 1. The minimum Gasteiger partial charge on any atom is -0.464 e. The Morgan fingerprint density at radius 2 is 1.88 bits per heavy atom. The molecule has 0 fully saturated rings. The first kappa shape index (κ1) is 17.1. The number of rotatable bonds is 3. The molecule has 2 rings (SSSR count). The summed E-state index contributed by atoms with van der Waals surface area (Å²) in [5, 5.41) is 11.8. The fourth-order valence-electron chi connectivity index (χ4n) is 2.01. The van der Waals surface area contributed by atoms with Crippen LogP contribution in [0.5, 0.6) is 0 Å². The van der Waals surface area contributed by atoms with Crippen molar-refractivity contribution >= 4 is 17.7 Å². The van der Waals surface area contributed by atoms with Gasteiger partial charge in [0.05, 0.1) is 25.1 Å². The highest BCUT2D eigenvalue weighted by molar-refractivity contribution is 6.02. The lowest BCUT2D eigenvalue weighted by Crippen LogP contribution is -2.25. The Morgan fingerprint density at radius 3 is 2.38 bits per heavy atom. The maximum Gasteiger partial charge on any atom is 0.358 e. The Balaban J connectivity index is 2.25. The molecule has 2 aromatic heterocycles. The molecule has 0 aliphatic heterocycles. The number of amides is 1. The van der Waals surface area contributed by atoms with Crippen molar-refractivity contribution in [3.05, 3.63) is 41.6 Å². The number of anilines is 1. The van der Waals surface area contributed by atoms with Crippen molar-refractivity contribution in [1.29, 1.82) is 5.26 Å². The van der Waals surface area contributed by atoms with Gasteiger partial charge in [0.15, 0.2) is 5.69 Å². The molecule has 0 saturated heterocycles. The highest BCUT2D eigenvalue weighted by Crippen LogP contribution is 2.24. The summed E-state index contributed by atoms with van der Waals surface area (Å²) in [6.45, 7) is 5.86. The zero-order chi connectivity index (χ0) is 17.9. The van der Waals surface area contributed by atoms with E-state index in [1.165, 1.54) is 19.5 Å². The van der Waals surface area contributed by atoms with Gasteiger partial charge in [0.25, 0.3) is 5.91 Å². The van der Waals surface area contributed by atoms with Gasteiger partial charge >= 0.3 is 5.97 Å². The monoisotopic (exact) mass is 327 g/mol. The van der Waals surface area contributed by atoms with Gasteiger partial charge in [-0.1, -0.05) is 0 Å². The number of carbonyl (C=O) groups is 2. The summed E-state index contributed by atoms with van der Waals surface area (Å²) in [5.41, 5.74) is 0.173. The number of carbonyl (C=O) groups excluding carboxylic acids is 2. The molecular weight excluding hydrogens is 310 g/mol. The van der Waals surface area contributed by atoms with Gasteiger partial charge in [0.2, 0.25) is 0 Å². The van der Waals surface area contributed by atoms with Crippen molar-refractivity contribution in [2.24, 2.45) is 0 Å². The molecule has 0 radical (unpaired) electrons. The first-order valence-electron chi connectivity index (χ1n) is 7.11. The van der Waals surface area contributed by atoms with E-state index in [9.17, 15) is 9.59 Å². The molecule has 1 N–H and O–H groups in total. The van der Waals surface area contributed by atoms with Gasteiger partial charge in [-0.05, 0) is 26.8 Å². The number of nitriles is 1. The maximum absolute atomic E-state index is 12.3. The first-order chi connectivity index (χ1) is 11.3. The van der Waals surface area contributed by atoms with Crippen LogP contribution in [0.25, 0.3) is 0 Å². The van der Waals surface area contributed by atoms with Crippen LogP contribution < -0.4 is 5.32 Å². The average molecular weight is 327 g/mol. The van der Waals surface area contributed by atoms with E-state index in [0.29, 0.717) is 11.4 Å². The molecule has 0 bridgehead atoms. The van der Waals surface area contributed by atoms with Crippen LogP contribution in [0.3, 0.4) is 0 Å². The normalized spacial score (nSPS) is 10.8. The average Bonchev–Trinajstić information content (AvgIpc) is 2.97. The number of aromatic nitrogens is 3. The van der Waals surface area contributed by atoms with Crippen LogP contribution in [0.2, 0.25) is 0 Å². The SMILES string of the molecule is COC(=O)c1cnc(C(=O)Nc2cc(C#N)cn2C(C)(C)C)cn1. The van der Waals surface area contributed by atoms with E-state index >= 15 is 0 Å². The molecule has 0 aromatic carbocycles. The van der Waals surface area contributed by atoms with Crippen molar-refractivity contribution < 1.29 is 14.3 Å². The second-order valence-electron chi connectivity index (χ2n) is 6.00. The lowest BCUT2D eigenvalue weighted by molar-refractivity contribution is 0.0593. The topological polar surface area (TPSA) is 110 Å². The van der Waals surface area contributed by atoms with Gasteiger partial charge in [-0.15, -0.1) is 0 Å². The van der Waals surface area contributed by atoms with E-state index < -0.39 is 11.9 Å². The second-order valence-corrected chi connectivity index (χ2v) is 6.00. The highest BCUT2D eigenvalue weighted by Gasteiger charge is 2.20. The van der Waals surface area contributed by atoms with Crippen LogP contribution in [-0.2, 0) is 10.3 Å². The summed E-state index contributed by atoms with van der Waals surface area (Å²) < 4.78 is 6.32. The van der Waals surface area contributed by atoms with Crippen LogP contribution in [-0.4, -0.2) is 33.5 Å². The molecule has 8 heteroatoms. The Bertz CT molecular complexity index is 810. The Hall–Kier alpha value is -3.21. The smallest absolute Gasteiger partial charge is 0.358 e. The lowest BCUT2D eigenvalue weighted by atomic mass is 10.1. The third kappa shape index (κ3) is 3.57. The molecule has 2 aromatic rings. The molecule has 0 unspecified atom stereocenters. The molecule has 1 amide bonds. The molecule has 0 spiro atoms. The van der Waals surface area contributed by atoms with Gasteiger partial charge in [0, 0.05) is 11.7 Å². The molecule has 8 nitrogen and oxygen atoms in total. The predicted octanol–water partition coefficient (Wildman–Crippen LogP) is 1.94. The van der Waals surface area contributed by atoms with Gasteiger partial charge in [-0.2, -0.15) is 5.26 Å². The first-order valence-corrected chi connectivity index (χ1v) is 7.11. The van der Waals surface area contributed by atoms with Crippen molar-refractivity contribution in [3.8, 4) is 6.07 Å². The van der Waals surface area contributed by atoms with Gasteiger partial charge in [-0.25, -0.2) is 14.8 Å². The number of nitrogens with zero attached hydrogens (tertiary/aromatic N) is 4. The van der Waals surface area contributed by atoms with Crippen molar-refractivity contribution in [2.75, 3.05) is 12.4 Å². The summed E-state index contributed by atoms with van der Waals surface area (Å²) in [7, 11) is 1.23. The number of esters is 1. The quantitative estimate of drug-likeness (QED) is 0.863. The van der Waals surface area contributed by atoms with E-state index in [1.807, 2.05) is 26.8 Å². The molecule has 24 heavy (non-hydrogen) atoms. The van der Waals surface area contributed by atoms with Crippen LogP contribution in [0.15, 0.2) is 24.7 Å². The molecule has 2 heterocycles. The summed E-state index contributed by atoms with van der Waals surface area (Å²) >= 11 is 0. The Kier molecular flexibility index (Phi) is 4.64. The lowest BCUT2D eigenvalue weighted by Gasteiger charge is -2.24. The minimum atomic E-state index is -0.630. The molecular formula is C16H17N5O3. The summed E-state index contributed by atoms with van der Waals surface area (Å²) in [6, 6.07) is 3.63. The molecule has 0 atom stereocenters. The minimum absolute atomic E-state index is 0.0129. The summed E-state index contributed by atoms with van der Waals surface area (Å²) in [4.78, 5) is 31.4. The third-order valence-electron chi connectivity index (χ3n) is 3.19. The highest BCUT2D eigenvalue weighted by atomic mass is 16.5. The molecule has 0 aliphatic rings. The number of nitrogens with one attached hydrogen (secondary N) is 1. The van der Waals surface area contributed by atoms with Crippen LogP contribution in [0.4, 0.5) is 5.82 Å². The Morgan fingerprint density at radius 1 is 1.25 bits per heavy atom. The van der Waals surface area contributed by atoms with Crippen molar-refractivity contribution in [3.63, 3.8) is 0 Å². The second kappa shape index (κ2) is 6.50. The van der Waals surface area contributed by atoms with E-state index in [-0.39, 0.29) is 16.9 Å². The van der Waals surface area contributed by atoms with Crippen LogP contribution in [0, 0.1) is 11.3 Å². The van der Waals surface area contributed by atoms with Gasteiger partial charge in [-0.3, -0.25) is 4.79 Å². The summed E-state index contributed by atoms with van der Waals surface area (Å²) in [5.74, 6) is -0.648. The fraction of sp³-hybridized carbons (Fsp3) is 0.312. The van der Waals surface area contributed by atoms with Crippen LogP contribution in [0.1, 0.15) is 47.3 Å². The number of ether oxygens (including phenoxy) is 1. The van der Waals surface area contributed by atoms with Crippen LogP contribution >= 0.6 is 0 Å². The molecule has 124 valence electrons. The fourth-order valence-corrected chi connectivity index (χ4v) is 2.01. The number of hydrogen-bond acceptors (Lipinski definition) is 6. The van der Waals surface area contributed by atoms with E-state index in [4.69, 9.17) is 5.26 Å². The van der Waals surface area contributed by atoms with Gasteiger partial charge < -0.3 is 14.6 Å².